The summed E-state index contributed by atoms with van der Waals surface area (Å²) in [5.41, 5.74) is 1.90. The van der Waals surface area contributed by atoms with Crippen molar-refractivity contribution in [2.75, 3.05) is 26.3 Å². The van der Waals surface area contributed by atoms with Gasteiger partial charge in [-0.1, -0.05) is 12.1 Å². The number of hydrogen-bond donors (Lipinski definition) is 0. The van der Waals surface area contributed by atoms with Crippen molar-refractivity contribution < 1.29 is 9.66 Å². The van der Waals surface area contributed by atoms with E-state index in [1.165, 1.54) is 0 Å². The van der Waals surface area contributed by atoms with Gasteiger partial charge in [-0.05, 0) is 12.5 Å². The largest absolute Gasteiger partial charge is 0.379 e. The van der Waals surface area contributed by atoms with Crippen LogP contribution in [0.2, 0.25) is 0 Å². The number of nitro benzene ring substituents is 1. The van der Waals surface area contributed by atoms with E-state index >= 15 is 0 Å². The first kappa shape index (κ1) is 12.0. The monoisotopic (exact) mass is 236 g/mol. The number of aryl methyl sites for hydroxylation is 1. The van der Waals surface area contributed by atoms with E-state index in [0.29, 0.717) is 5.56 Å². The van der Waals surface area contributed by atoms with Crippen molar-refractivity contribution in [3.63, 3.8) is 0 Å². The molecule has 1 heterocycles. The van der Waals surface area contributed by atoms with Crippen molar-refractivity contribution in [2.24, 2.45) is 0 Å². The molecule has 0 radical (unpaired) electrons. The SMILES string of the molecule is Cc1ccc(CN2CCOCC2)cc1[N+](=O)[O-]. The van der Waals surface area contributed by atoms with E-state index in [2.05, 4.69) is 4.90 Å². The molecule has 2 rings (SSSR count). The predicted molar refractivity (Wildman–Crippen MR) is 63.9 cm³/mol. The number of benzene rings is 1. The second kappa shape index (κ2) is 5.25. The fourth-order valence-electron chi connectivity index (χ4n) is 1.97. The molecule has 1 saturated heterocycles. The second-order valence-electron chi connectivity index (χ2n) is 4.27. The number of nitrogens with zero attached hydrogens (tertiary/aromatic N) is 2. The topological polar surface area (TPSA) is 55.6 Å². The third kappa shape index (κ3) is 3.01. The number of nitro groups is 1. The maximum Gasteiger partial charge on any atom is 0.272 e. The zero-order valence-electron chi connectivity index (χ0n) is 9.89. The summed E-state index contributed by atoms with van der Waals surface area (Å²) in [7, 11) is 0. The molecular formula is C12H16N2O3. The maximum absolute atomic E-state index is 10.8. The standard InChI is InChI=1S/C12H16N2O3/c1-10-2-3-11(8-12(10)14(15)16)9-13-4-6-17-7-5-13/h2-3,8H,4-7,9H2,1H3. The number of hydrogen-bond acceptors (Lipinski definition) is 4. The summed E-state index contributed by atoms with van der Waals surface area (Å²) >= 11 is 0. The highest BCUT2D eigenvalue weighted by molar-refractivity contribution is 5.42. The van der Waals surface area contributed by atoms with Crippen LogP contribution in [-0.4, -0.2) is 36.1 Å². The number of rotatable bonds is 3. The summed E-state index contributed by atoms with van der Waals surface area (Å²) in [5.74, 6) is 0. The molecule has 0 atom stereocenters. The molecule has 1 aromatic carbocycles. The lowest BCUT2D eigenvalue weighted by atomic mass is 10.1. The van der Waals surface area contributed by atoms with E-state index < -0.39 is 0 Å². The normalized spacial score (nSPS) is 17.0. The zero-order valence-corrected chi connectivity index (χ0v) is 9.89. The molecule has 0 bridgehead atoms. The Morgan fingerprint density at radius 1 is 1.41 bits per heavy atom. The molecule has 5 nitrogen and oxygen atoms in total. The van der Waals surface area contributed by atoms with Gasteiger partial charge in [0, 0.05) is 31.3 Å². The molecule has 0 spiro atoms. The van der Waals surface area contributed by atoms with Gasteiger partial charge >= 0.3 is 0 Å². The lowest BCUT2D eigenvalue weighted by Gasteiger charge is -2.26. The summed E-state index contributed by atoms with van der Waals surface area (Å²) in [6.07, 6.45) is 0. The van der Waals surface area contributed by atoms with Gasteiger partial charge in [-0.3, -0.25) is 15.0 Å². The fraction of sp³-hybridized carbons (Fsp3) is 0.500. The van der Waals surface area contributed by atoms with Crippen molar-refractivity contribution in [1.82, 2.24) is 4.90 Å². The van der Waals surface area contributed by atoms with Crippen molar-refractivity contribution in [1.29, 1.82) is 0 Å². The average Bonchev–Trinajstić information content (AvgIpc) is 2.32. The Kier molecular flexibility index (Phi) is 3.71. The van der Waals surface area contributed by atoms with E-state index in [9.17, 15) is 10.1 Å². The highest BCUT2D eigenvalue weighted by Gasteiger charge is 2.14. The Labute approximate surface area is 100 Å². The van der Waals surface area contributed by atoms with Crippen LogP contribution in [0, 0.1) is 17.0 Å². The molecule has 1 fully saturated rings. The van der Waals surface area contributed by atoms with Crippen molar-refractivity contribution in [2.45, 2.75) is 13.5 Å². The molecule has 0 amide bonds. The van der Waals surface area contributed by atoms with E-state index in [0.717, 1.165) is 38.4 Å². The summed E-state index contributed by atoms with van der Waals surface area (Å²) < 4.78 is 5.27. The van der Waals surface area contributed by atoms with Crippen LogP contribution in [0.3, 0.4) is 0 Å². The maximum atomic E-state index is 10.8. The molecule has 1 aromatic rings. The van der Waals surface area contributed by atoms with Crippen LogP contribution < -0.4 is 0 Å². The quantitative estimate of drug-likeness (QED) is 0.592. The molecule has 0 N–H and O–H groups in total. The van der Waals surface area contributed by atoms with Crippen molar-refractivity contribution in [3.8, 4) is 0 Å². The lowest BCUT2D eigenvalue weighted by molar-refractivity contribution is -0.385. The molecule has 92 valence electrons. The minimum atomic E-state index is -0.321. The van der Waals surface area contributed by atoms with Gasteiger partial charge in [-0.15, -0.1) is 0 Å². The van der Waals surface area contributed by atoms with Gasteiger partial charge < -0.3 is 4.74 Å². The lowest BCUT2D eigenvalue weighted by Crippen LogP contribution is -2.35. The van der Waals surface area contributed by atoms with Gasteiger partial charge in [0.05, 0.1) is 18.1 Å². The van der Waals surface area contributed by atoms with Crippen LogP contribution in [0.15, 0.2) is 18.2 Å². The van der Waals surface area contributed by atoms with Crippen molar-refractivity contribution in [3.05, 3.63) is 39.4 Å². The molecule has 17 heavy (non-hydrogen) atoms. The molecule has 5 heteroatoms. The van der Waals surface area contributed by atoms with E-state index in [-0.39, 0.29) is 10.6 Å². The Morgan fingerprint density at radius 3 is 2.76 bits per heavy atom. The Hall–Kier alpha value is -1.46. The van der Waals surface area contributed by atoms with Crippen LogP contribution in [0.25, 0.3) is 0 Å². The molecule has 0 unspecified atom stereocenters. The summed E-state index contributed by atoms with van der Waals surface area (Å²) in [6, 6.07) is 5.44. The fourth-order valence-corrected chi connectivity index (χ4v) is 1.97. The Balaban J connectivity index is 2.10. The van der Waals surface area contributed by atoms with E-state index in [1.54, 1.807) is 13.0 Å². The highest BCUT2D eigenvalue weighted by atomic mass is 16.6. The van der Waals surface area contributed by atoms with E-state index in [1.807, 2.05) is 12.1 Å². The molecule has 0 saturated carbocycles. The highest BCUT2D eigenvalue weighted by Crippen LogP contribution is 2.20. The third-order valence-corrected chi connectivity index (χ3v) is 2.98. The van der Waals surface area contributed by atoms with Gasteiger partial charge in [0.25, 0.3) is 5.69 Å². The van der Waals surface area contributed by atoms with Crippen molar-refractivity contribution >= 4 is 5.69 Å². The molecule has 1 aliphatic rings. The first-order valence-electron chi connectivity index (χ1n) is 5.71. The van der Waals surface area contributed by atoms with Crippen LogP contribution in [0.1, 0.15) is 11.1 Å². The molecule has 0 aromatic heterocycles. The predicted octanol–water partition coefficient (Wildman–Crippen LogP) is 1.74. The first-order chi connectivity index (χ1) is 8.16. The minimum absolute atomic E-state index is 0.204. The molecule has 0 aliphatic carbocycles. The molecule has 1 aliphatic heterocycles. The molecular weight excluding hydrogens is 220 g/mol. The Bertz CT molecular complexity index is 414. The van der Waals surface area contributed by atoms with Crippen LogP contribution in [0.5, 0.6) is 0 Å². The summed E-state index contributed by atoms with van der Waals surface area (Å²) in [6.45, 7) is 5.78. The van der Waals surface area contributed by atoms with Crippen LogP contribution >= 0.6 is 0 Å². The number of ether oxygens (including phenoxy) is 1. The third-order valence-electron chi connectivity index (χ3n) is 2.98. The van der Waals surface area contributed by atoms with Gasteiger partial charge in [0.2, 0.25) is 0 Å². The average molecular weight is 236 g/mol. The smallest absolute Gasteiger partial charge is 0.272 e. The van der Waals surface area contributed by atoms with E-state index in [4.69, 9.17) is 4.74 Å². The summed E-state index contributed by atoms with van der Waals surface area (Å²) in [5, 5.41) is 10.8. The van der Waals surface area contributed by atoms with Gasteiger partial charge in [-0.2, -0.15) is 0 Å². The van der Waals surface area contributed by atoms with Gasteiger partial charge in [0.1, 0.15) is 0 Å². The van der Waals surface area contributed by atoms with Crippen LogP contribution in [-0.2, 0) is 11.3 Å². The summed E-state index contributed by atoms with van der Waals surface area (Å²) in [4.78, 5) is 12.8. The Morgan fingerprint density at radius 2 is 2.12 bits per heavy atom. The van der Waals surface area contributed by atoms with Gasteiger partial charge in [-0.25, -0.2) is 0 Å². The second-order valence-corrected chi connectivity index (χ2v) is 4.27. The number of morpholine rings is 1. The minimum Gasteiger partial charge on any atom is -0.379 e. The first-order valence-corrected chi connectivity index (χ1v) is 5.71. The van der Waals surface area contributed by atoms with Crippen LogP contribution in [0.4, 0.5) is 5.69 Å². The van der Waals surface area contributed by atoms with Gasteiger partial charge in [0.15, 0.2) is 0 Å². The zero-order chi connectivity index (χ0) is 12.3.